The SMILES string of the molecule is CCn1c(COc2cc(C)ccc2C)nnc1SCC(=O)Nc1sc(C(=O)N(C)C)c(C)c1C(=O)OC. The average Bonchev–Trinajstić information content (AvgIpc) is 3.41. The molecule has 0 aliphatic carbocycles. The van der Waals surface area contributed by atoms with Gasteiger partial charge in [0.15, 0.2) is 11.0 Å². The predicted octanol–water partition coefficient (Wildman–Crippen LogP) is 4.08. The van der Waals surface area contributed by atoms with Crippen LogP contribution in [-0.4, -0.2) is 64.4 Å². The number of benzene rings is 1. The second kappa shape index (κ2) is 12.2. The monoisotopic (exact) mass is 545 g/mol. The summed E-state index contributed by atoms with van der Waals surface area (Å²) in [6.45, 7) is 8.48. The van der Waals surface area contributed by atoms with E-state index in [0.717, 1.165) is 28.2 Å². The Bertz CT molecular complexity index is 1320. The molecule has 0 aliphatic heterocycles. The van der Waals surface area contributed by atoms with E-state index in [2.05, 4.69) is 15.5 Å². The van der Waals surface area contributed by atoms with Crippen LogP contribution in [0.2, 0.25) is 0 Å². The Kier molecular flexibility index (Phi) is 9.33. The Hall–Kier alpha value is -3.38. The maximum atomic E-state index is 12.8. The van der Waals surface area contributed by atoms with Crippen molar-refractivity contribution in [3.05, 3.63) is 51.2 Å². The van der Waals surface area contributed by atoms with Crippen molar-refractivity contribution in [2.24, 2.45) is 0 Å². The average molecular weight is 546 g/mol. The van der Waals surface area contributed by atoms with Crippen molar-refractivity contribution in [2.75, 3.05) is 32.3 Å². The molecule has 0 spiro atoms. The van der Waals surface area contributed by atoms with Crippen LogP contribution in [-0.2, 0) is 22.7 Å². The second-order valence-corrected chi connectivity index (χ2v) is 10.5. The Balaban J connectivity index is 1.70. The van der Waals surface area contributed by atoms with Gasteiger partial charge in [-0.1, -0.05) is 23.9 Å². The number of methoxy groups -OCH3 is 1. The van der Waals surface area contributed by atoms with Gasteiger partial charge in [-0.2, -0.15) is 0 Å². The van der Waals surface area contributed by atoms with Crippen LogP contribution in [0.5, 0.6) is 5.75 Å². The minimum absolute atomic E-state index is 0.0322. The normalized spacial score (nSPS) is 10.8. The highest BCUT2D eigenvalue weighted by Crippen LogP contribution is 2.34. The van der Waals surface area contributed by atoms with E-state index in [9.17, 15) is 14.4 Å². The molecule has 2 aromatic heterocycles. The van der Waals surface area contributed by atoms with Crippen LogP contribution < -0.4 is 10.1 Å². The zero-order chi connectivity index (χ0) is 27.3. The summed E-state index contributed by atoms with van der Waals surface area (Å²) in [4.78, 5) is 39.5. The van der Waals surface area contributed by atoms with E-state index < -0.39 is 5.97 Å². The molecule has 10 nitrogen and oxygen atoms in total. The molecular weight excluding hydrogens is 514 g/mol. The number of hydrogen-bond acceptors (Lipinski definition) is 9. The van der Waals surface area contributed by atoms with Crippen molar-refractivity contribution in [1.82, 2.24) is 19.7 Å². The van der Waals surface area contributed by atoms with E-state index in [0.29, 0.717) is 28.0 Å². The van der Waals surface area contributed by atoms with Crippen molar-refractivity contribution in [2.45, 2.75) is 46.0 Å². The molecule has 0 unspecified atom stereocenters. The van der Waals surface area contributed by atoms with Gasteiger partial charge in [-0.05, 0) is 50.5 Å². The van der Waals surface area contributed by atoms with E-state index in [1.165, 1.54) is 23.8 Å². The molecule has 3 rings (SSSR count). The van der Waals surface area contributed by atoms with Gasteiger partial charge in [0.05, 0.1) is 23.3 Å². The molecular formula is C25H31N5O5S2. The fourth-order valence-corrected chi connectivity index (χ4v) is 5.56. The molecule has 2 amide bonds. The van der Waals surface area contributed by atoms with Crippen molar-refractivity contribution in [3.63, 3.8) is 0 Å². The summed E-state index contributed by atoms with van der Waals surface area (Å²) in [7, 11) is 4.51. The minimum atomic E-state index is -0.617. The third-order valence-electron chi connectivity index (χ3n) is 5.53. The Morgan fingerprint density at radius 1 is 1.16 bits per heavy atom. The number of esters is 1. The zero-order valence-electron chi connectivity index (χ0n) is 22.0. The largest absolute Gasteiger partial charge is 0.485 e. The molecule has 3 aromatic rings. The lowest BCUT2D eigenvalue weighted by Crippen LogP contribution is -2.21. The highest BCUT2D eigenvalue weighted by Gasteiger charge is 2.27. The van der Waals surface area contributed by atoms with E-state index in [-0.39, 0.29) is 34.7 Å². The van der Waals surface area contributed by atoms with Crippen molar-refractivity contribution in [3.8, 4) is 5.75 Å². The van der Waals surface area contributed by atoms with Crippen molar-refractivity contribution < 1.29 is 23.9 Å². The van der Waals surface area contributed by atoms with Crippen molar-refractivity contribution in [1.29, 1.82) is 0 Å². The maximum absolute atomic E-state index is 12.8. The number of thioether (sulfide) groups is 1. The summed E-state index contributed by atoms with van der Waals surface area (Å²) in [5, 5.41) is 12.1. The molecule has 0 bridgehead atoms. The van der Waals surface area contributed by atoms with Crippen LogP contribution in [0.1, 0.15) is 49.5 Å². The van der Waals surface area contributed by atoms with Gasteiger partial charge < -0.3 is 24.3 Å². The second-order valence-electron chi connectivity index (χ2n) is 8.49. The summed E-state index contributed by atoms with van der Waals surface area (Å²) in [6, 6.07) is 6.02. The van der Waals surface area contributed by atoms with Crippen LogP contribution in [0.25, 0.3) is 0 Å². The molecule has 0 aliphatic rings. The number of aromatic nitrogens is 3. The highest BCUT2D eigenvalue weighted by molar-refractivity contribution is 7.99. The summed E-state index contributed by atoms with van der Waals surface area (Å²) in [6.07, 6.45) is 0. The Labute approximate surface area is 224 Å². The molecule has 1 N–H and O–H groups in total. The summed E-state index contributed by atoms with van der Waals surface area (Å²) in [5.41, 5.74) is 2.79. The zero-order valence-corrected chi connectivity index (χ0v) is 23.6. The van der Waals surface area contributed by atoms with Crippen LogP contribution in [0, 0.1) is 20.8 Å². The van der Waals surface area contributed by atoms with Crippen LogP contribution in [0.3, 0.4) is 0 Å². The molecule has 0 radical (unpaired) electrons. The number of thiophene rings is 1. The molecule has 12 heteroatoms. The lowest BCUT2D eigenvalue weighted by molar-refractivity contribution is -0.113. The van der Waals surface area contributed by atoms with Gasteiger partial charge >= 0.3 is 5.97 Å². The number of rotatable bonds is 10. The van der Waals surface area contributed by atoms with Crippen LogP contribution in [0.4, 0.5) is 5.00 Å². The number of nitrogens with zero attached hydrogens (tertiary/aromatic N) is 4. The van der Waals surface area contributed by atoms with Gasteiger partial charge in [-0.15, -0.1) is 21.5 Å². The number of carbonyl (C=O) groups is 3. The first-order valence-electron chi connectivity index (χ1n) is 11.5. The van der Waals surface area contributed by atoms with E-state index in [1.807, 2.05) is 43.5 Å². The highest BCUT2D eigenvalue weighted by atomic mass is 32.2. The Morgan fingerprint density at radius 2 is 1.89 bits per heavy atom. The molecule has 2 heterocycles. The van der Waals surface area contributed by atoms with Gasteiger partial charge in [0.2, 0.25) is 5.91 Å². The maximum Gasteiger partial charge on any atom is 0.341 e. The number of aryl methyl sites for hydroxylation is 2. The predicted molar refractivity (Wildman–Crippen MR) is 144 cm³/mol. The molecule has 37 heavy (non-hydrogen) atoms. The molecule has 198 valence electrons. The third-order valence-corrected chi connectivity index (χ3v) is 7.69. The number of anilines is 1. The van der Waals surface area contributed by atoms with Crippen LogP contribution in [0.15, 0.2) is 23.4 Å². The molecule has 0 saturated carbocycles. The number of nitrogens with one attached hydrogen (secondary N) is 1. The van der Waals surface area contributed by atoms with Gasteiger partial charge in [-0.3, -0.25) is 9.59 Å². The summed E-state index contributed by atoms with van der Waals surface area (Å²) in [5.74, 6) is 0.255. The first-order valence-corrected chi connectivity index (χ1v) is 13.4. The number of amides is 2. The van der Waals surface area contributed by atoms with Gasteiger partial charge in [0.1, 0.15) is 17.4 Å². The van der Waals surface area contributed by atoms with Crippen LogP contribution >= 0.6 is 23.1 Å². The third kappa shape index (κ3) is 6.50. The quantitative estimate of drug-likeness (QED) is 0.299. The Morgan fingerprint density at radius 3 is 2.54 bits per heavy atom. The van der Waals surface area contributed by atoms with Gasteiger partial charge in [-0.25, -0.2) is 4.79 Å². The fraction of sp³-hybridized carbons (Fsp3) is 0.400. The molecule has 0 atom stereocenters. The fourth-order valence-electron chi connectivity index (χ4n) is 3.50. The lowest BCUT2D eigenvalue weighted by atomic mass is 10.1. The van der Waals surface area contributed by atoms with Gasteiger partial charge in [0.25, 0.3) is 5.91 Å². The molecule has 0 fully saturated rings. The lowest BCUT2D eigenvalue weighted by Gasteiger charge is -2.11. The van der Waals surface area contributed by atoms with E-state index in [4.69, 9.17) is 9.47 Å². The van der Waals surface area contributed by atoms with E-state index >= 15 is 0 Å². The summed E-state index contributed by atoms with van der Waals surface area (Å²) >= 11 is 2.28. The van der Waals surface area contributed by atoms with Crippen molar-refractivity contribution >= 4 is 45.9 Å². The first-order chi connectivity index (χ1) is 17.6. The number of hydrogen-bond donors (Lipinski definition) is 1. The topological polar surface area (TPSA) is 116 Å². The van der Waals surface area contributed by atoms with E-state index in [1.54, 1.807) is 21.0 Å². The smallest absolute Gasteiger partial charge is 0.341 e. The summed E-state index contributed by atoms with van der Waals surface area (Å²) < 4.78 is 12.7. The standard InChI is InChI=1S/C25H31N5O5S2/c1-8-30-18(12-35-17-11-14(2)9-10-15(17)3)27-28-25(30)36-13-19(31)26-22-20(24(33)34-7)16(4)21(37-22)23(32)29(5)6/h9-11H,8,12-13H2,1-7H3,(H,26,31). The minimum Gasteiger partial charge on any atom is -0.485 e. The van der Waals surface area contributed by atoms with Gasteiger partial charge in [0, 0.05) is 20.6 Å². The molecule has 0 saturated heterocycles. The number of carbonyl (C=O) groups excluding carboxylic acids is 3. The number of ether oxygens (including phenoxy) is 2. The molecule has 1 aromatic carbocycles. The first kappa shape index (κ1) is 28.2.